The maximum absolute atomic E-state index is 9.24. The molecule has 2 N–H and O–H groups in total. The van der Waals surface area contributed by atoms with Gasteiger partial charge in [0.15, 0.2) is 0 Å². The first-order valence-electron chi connectivity index (χ1n) is 7.52. The third-order valence-corrected chi connectivity index (χ3v) is 3.83. The highest BCUT2D eigenvalue weighted by atomic mass is 35.5. The number of hydrogen-bond donors (Lipinski definition) is 2. The Morgan fingerprint density at radius 2 is 1.86 bits per heavy atom. The molecule has 0 bridgehead atoms. The van der Waals surface area contributed by atoms with Gasteiger partial charge in [-0.25, -0.2) is 0 Å². The highest BCUT2D eigenvalue weighted by Gasteiger charge is 2.07. The lowest BCUT2D eigenvalue weighted by Crippen LogP contribution is -2.31. The molecule has 1 atom stereocenters. The smallest absolute Gasteiger partial charge is 0.124 e. The predicted octanol–water partition coefficient (Wildman–Crippen LogP) is 3.78. The molecule has 0 spiro atoms. The first-order valence-corrected chi connectivity index (χ1v) is 7.90. The van der Waals surface area contributed by atoms with E-state index in [1.807, 2.05) is 48.5 Å². The summed E-state index contributed by atoms with van der Waals surface area (Å²) in [5.74, 6) is 0.859. The number of benzene rings is 2. The number of ether oxygens (including phenoxy) is 1. The van der Waals surface area contributed by atoms with E-state index >= 15 is 0 Å². The molecule has 2 aromatic rings. The summed E-state index contributed by atoms with van der Waals surface area (Å²) in [6.45, 7) is 3.38. The third kappa shape index (κ3) is 5.02. The lowest BCUT2D eigenvalue weighted by atomic mass is 10.1. The topological polar surface area (TPSA) is 41.5 Å². The minimum absolute atomic E-state index is 0.115. The highest BCUT2D eigenvalue weighted by molar-refractivity contribution is 6.30. The van der Waals surface area contributed by atoms with E-state index < -0.39 is 0 Å². The molecular weight excluding hydrogens is 298 g/mol. The van der Waals surface area contributed by atoms with Gasteiger partial charge in [-0.2, -0.15) is 0 Å². The molecule has 22 heavy (non-hydrogen) atoms. The fourth-order valence-electron chi connectivity index (χ4n) is 2.12. The van der Waals surface area contributed by atoms with Crippen LogP contribution in [0.2, 0.25) is 5.02 Å². The van der Waals surface area contributed by atoms with Crippen molar-refractivity contribution in [1.29, 1.82) is 0 Å². The van der Waals surface area contributed by atoms with Crippen molar-refractivity contribution < 1.29 is 9.84 Å². The lowest BCUT2D eigenvalue weighted by molar-refractivity contribution is 0.237. The minimum Gasteiger partial charge on any atom is -0.489 e. The molecule has 0 fully saturated rings. The Labute approximate surface area is 136 Å². The van der Waals surface area contributed by atoms with Crippen LogP contribution in [0.4, 0.5) is 0 Å². The monoisotopic (exact) mass is 319 g/mol. The summed E-state index contributed by atoms with van der Waals surface area (Å²) in [5, 5.41) is 13.3. The highest BCUT2D eigenvalue weighted by Crippen LogP contribution is 2.20. The summed E-state index contributed by atoms with van der Waals surface area (Å²) in [6, 6.07) is 15.7. The molecule has 3 nitrogen and oxygen atoms in total. The number of nitrogens with one attached hydrogen (secondary N) is 1. The Bertz CT molecular complexity index is 568. The Morgan fingerprint density at radius 3 is 2.55 bits per heavy atom. The van der Waals surface area contributed by atoms with E-state index in [-0.39, 0.29) is 12.6 Å². The molecule has 0 aliphatic heterocycles. The molecule has 0 unspecified atom stereocenters. The predicted molar refractivity (Wildman–Crippen MR) is 90.2 cm³/mol. The van der Waals surface area contributed by atoms with Crippen molar-refractivity contribution >= 4 is 11.6 Å². The van der Waals surface area contributed by atoms with Crippen molar-refractivity contribution in [2.24, 2.45) is 0 Å². The van der Waals surface area contributed by atoms with Gasteiger partial charge in [0.25, 0.3) is 0 Å². The molecule has 2 aromatic carbocycles. The molecule has 0 aromatic heterocycles. The first kappa shape index (κ1) is 16.8. The minimum atomic E-state index is 0.115. The zero-order valence-corrected chi connectivity index (χ0v) is 13.5. The van der Waals surface area contributed by atoms with Crippen molar-refractivity contribution in [3.05, 3.63) is 64.7 Å². The van der Waals surface area contributed by atoms with Gasteiger partial charge in [0.2, 0.25) is 0 Å². The van der Waals surface area contributed by atoms with Crippen LogP contribution in [0.5, 0.6) is 5.75 Å². The average Bonchev–Trinajstić information content (AvgIpc) is 2.56. The summed E-state index contributed by atoms with van der Waals surface area (Å²) in [6.07, 6.45) is 0.893. The van der Waals surface area contributed by atoms with E-state index in [1.54, 1.807) is 0 Å². The Kier molecular flexibility index (Phi) is 6.72. The number of hydrogen-bond acceptors (Lipinski definition) is 3. The molecule has 0 aliphatic rings. The molecule has 0 saturated carbocycles. The van der Waals surface area contributed by atoms with Crippen molar-refractivity contribution in [2.75, 3.05) is 6.61 Å². The zero-order valence-electron chi connectivity index (χ0n) is 12.8. The number of halogens is 1. The number of para-hydroxylation sites is 1. The molecule has 4 heteroatoms. The molecule has 2 rings (SSSR count). The lowest BCUT2D eigenvalue weighted by Gasteiger charge is -2.16. The van der Waals surface area contributed by atoms with Crippen molar-refractivity contribution in [3.63, 3.8) is 0 Å². The van der Waals surface area contributed by atoms with Crippen LogP contribution in [-0.4, -0.2) is 17.8 Å². The summed E-state index contributed by atoms with van der Waals surface area (Å²) >= 11 is 5.88. The first-order chi connectivity index (χ1) is 10.7. The van der Waals surface area contributed by atoms with Crippen LogP contribution in [0.3, 0.4) is 0 Å². The Hall–Kier alpha value is -1.55. The molecular formula is C18H22ClNO2. The summed E-state index contributed by atoms with van der Waals surface area (Å²) < 4.78 is 5.92. The van der Waals surface area contributed by atoms with Gasteiger partial charge >= 0.3 is 0 Å². The summed E-state index contributed by atoms with van der Waals surface area (Å²) in [4.78, 5) is 0. The van der Waals surface area contributed by atoms with E-state index in [4.69, 9.17) is 16.3 Å². The normalized spacial score (nSPS) is 12.1. The Balaban J connectivity index is 1.97. The van der Waals surface area contributed by atoms with E-state index in [1.165, 1.54) is 0 Å². The van der Waals surface area contributed by atoms with Gasteiger partial charge in [0.05, 0.1) is 6.61 Å². The van der Waals surface area contributed by atoms with Gasteiger partial charge in [-0.3, -0.25) is 0 Å². The van der Waals surface area contributed by atoms with E-state index in [0.29, 0.717) is 13.2 Å². The summed E-state index contributed by atoms with van der Waals surface area (Å²) in [7, 11) is 0. The second-order valence-corrected chi connectivity index (χ2v) is 5.63. The van der Waals surface area contributed by atoms with Gasteiger partial charge in [-0.1, -0.05) is 48.9 Å². The van der Waals surface area contributed by atoms with Crippen LogP contribution in [0.25, 0.3) is 0 Å². The molecule has 0 radical (unpaired) electrons. The summed E-state index contributed by atoms with van der Waals surface area (Å²) in [5.41, 5.74) is 2.16. The Morgan fingerprint density at radius 1 is 1.14 bits per heavy atom. The van der Waals surface area contributed by atoms with E-state index in [0.717, 1.165) is 28.3 Å². The average molecular weight is 320 g/mol. The zero-order chi connectivity index (χ0) is 15.8. The standard InChI is InChI=1S/C18H22ClNO2/c1-2-17(12-21)20-11-15-5-3-4-6-18(15)22-13-14-7-9-16(19)10-8-14/h3-10,17,20-21H,2,11-13H2,1H3/t17-/m0/s1. The van der Waals surface area contributed by atoms with Crippen molar-refractivity contribution in [2.45, 2.75) is 32.5 Å². The van der Waals surface area contributed by atoms with Crippen LogP contribution in [0.1, 0.15) is 24.5 Å². The quantitative estimate of drug-likeness (QED) is 0.778. The van der Waals surface area contributed by atoms with Gasteiger partial charge in [-0.05, 0) is 30.2 Å². The molecule has 118 valence electrons. The van der Waals surface area contributed by atoms with Crippen LogP contribution < -0.4 is 10.1 Å². The van der Waals surface area contributed by atoms with Crippen molar-refractivity contribution in [3.8, 4) is 5.75 Å². The molecule has 0 aliphatic carbocycles. The maximum Gasteiger partial charge on any atom is 0.124 e. The van der Waals surface area contributed by atoms with Crippen LogP contribution in [0.15, 0.2) is 48.5 Å². The second-order valence-electron chi connectivity index (χ2n) is 5.19. The fraction of sp³-hybridized carbons (Fsp3) is 0.333. The molecule has 0 amide bonds. The van der Waals surface area contributed by atoms with Gasteiger partial charge < -0.3 is 15.2 Å². The fourth-order valence-corrected chi connectivity index (χ4v) is 2.25. The SMILES string of the molecule is CC[C@@H](CO)NCc1ccccc1OCc1ccc(Cl)cc1. The molecule has 0 heterocycles. The van der Waals surface area contributed by atoms with E-state index in [2.05, 4.69) is 12.2 Å². The van der Waals surface area contributed by atoms with Gasteiger partial charge in [-0.15, -0.1) is 0 Å². The number of aliphatic hydroxyl groups excluding tert-OH is 1. The maximum atomic E-state index is 9.24. The molecule has 0 saturated heterocycles. The van der Waals surface area contributed by atoms with E-state index in [9.17, 15) is 5.11 Å². The largest absolute Gasteiger partial charge is 0.489 e. The van der Waals surface area contributed by atoms with Crippen LogP contribution in [-0.2, 0) is 13.2 Å². The van der Waals surface area contributed by atoms with Gasteiger partial charge in [0, 0.05) is 23.2 Å². The second kappa shape index (κ2) is 8.79. The third-order valence-electron chi connectivity index (χ3n) is 3.57. The van der Waals surface area contributed by atoms with Crippen LogP contribution in [0, 0.1) is 0 Å². The van der Waals surface area contributed by atoms with Crippen LogP contribution >= 0.6 is 11.6 Å². The number of rotatable bonds is 8. The van der Waals surface area contributed by atoms with Gasteiger partial charge in [0.1, 0.15) is 12.4 Å². The van der Waals surface area contributed by atoms with Crippen molar-refractivity contribution in [1.82, 2.24) is 5.32 Å². The number of aliphatic hydroxyl groups is 1.